The fourth-order valence-electron chi connectivity index (χ4n) is 2.19. The van der Waals surface area contributed by atoms with E-state index in [0.717, 1.165) is 12.0 Å². The molecule has 2 unspecified atom stereocenters. The Bertz CT molecular complexity index is 109. The van der Waals surface area contributed by atoms with Crippen LogP contribution in [0, 0.1) is 5.92 Å². The minimum absolute atomic E-state index is 0.881. The summed E-state index contributed by atoms with van der Waals surface area (Å²) in [4.78, 5) is 2.38. The van der Waals surface area contributed by atoms with Crippen molar-refractivity contribution < 1.29 is 0 Å². The van der Waals surface area contributed by atoms with Crippen molar-refractivity contribution in [3.63, 3.8) is 0 Å². The van der Waals surface area contributed by atoms with Crippen molar-refractivity contribution in [1.29, 1.82) is 0 Å². The van der Waals surface area contributed by atoms with Crippen molar-refractivity contribution in [1.82, 2.24) is 4.90 Å². The molecule has 1 fully saturated rings. The molecule has 0 aromatic heterocycles. The smallest absolute Gasteiger partial charge is 0.00919 e. The Kier molecular flexibility index (Phi) is 3.38. The molecule has 1 heteroatoms. The maximum absolute atomic E-state index is 2.38. The average molecular weight is 155 g/mol. The van der Waals surface area contributed by atoms with E-state index in [1.807, 2.05) is 0 Å². The van der Waals surface area contributed by atoms with E-state index in [0.29, 0.717) is 0 Å². The highest BCUT2D eigenvalue weighted by Gasteiger charge is 2.24. The van der Waals surface area contributed by atoms with Crippen LogP contribution in [0.25, 0.3) is 0 Å². The third-order valence-corrected chi connectivity index (χ3v) is 2.94. The van der Waals surface area contributed by atoms with E-state index in [-0.39, 0.29) is 0 Å². The van der Waals surface area contributed by atoms with Crippen molar-refractivity contribution >= 4 is 0 Å². The van der Waals surface area contributed by atoms with E-state index in [1.54, 1.807) is 0 Å². The van der Waals surface area contributed by atoms with Crippen molar-refractivity contribution in [3.8, 4) is 0 Å². The number of hydrogen-bond donors (Lipinski definition) is 0. The van der Waals surface area contributed by atoms with Crippen LogP contribution in [-0.4, -0.2) is 25.0 Å². The molecule has 0 heterocycles. The number of rotatable bonds is 3. The molecule has 0 aliphatic heterocycles. The van der Waals surface area contributed by atoms with Gasteiger partial charge in [0.15, 0.2) is 0 Å². The summed E-state index contributed by atoms with van der Waals surface area (Å²) in [6, 6.07) is 0.881. The van der Waals surface area contributed by atoms with Gasteiger partial charge in [-0.25, -0.2) is 0 Å². The second-order valence-corrected chi connectivity index (χ2v) is 4.09. The Balaban J connectivity index is 2.23. The molecule has 0 aromatic rings. The summed E-state index contributed by atoms with van der Waals surface area (Å²) < 4.78 is 0. The lowest BCUT2D eigenvalue weighted by Crippen LogP contribution is -2.24. The SMILES string of the molecule is CCCC1CCC(N(C)C)C1. The summed E-state index contributed by atoms with van der Waals surface area (Å²) in [5.41, 5.74) is 0. The fourth-order valence-corrected chi connectivity index (χ4v) is 2.19. The molecule has 1 nitrogen and oxygen atoms in total. The van der Waals surface area contributed by atoms with Crippen LogP contribution in [-0.2, 0) is 0 Å². The van der Waals surface area contributed by atoms with E-state index < -0.39 is 0 Å². The highest BCUT2D eigenvalue weighted by Crippen LogP contribution is 2.31. The summed E-state index contributed by atoms with van der Waals surface area (Å²) in [6.45, 7) is 2.29. The van der Waals surface area contributed by atoms with Gasteiger partial charge in [0.25, 0.3) is 0 Å². The van der Waals surface area contributed by atoms with Crippen LogP contribution in [0.5, 0.6) is 0 Å². The van der Waals surface area contributed by atoms with E-state index in [9.17, 15) is 0 Å². The highest BCUT2D eigenvalue weighted by atomic mass is 15.1. The third-order valence-electron chi connectivity index (χ3n) is 2.94. The molecule has 0 aromatic carbocycles. The van der Waals surface area contributed by atoms with Crippen molar-refractivity contribution in [2.75, 3.05) is 14.1 Å². The Morgan fingerprint density at radius 1 is 1.27 bits per heavy atom. The molecule has 1 rings (SSSR count). The van der Waals surface area contributed by atoms with Crippen LogP contribution in [0.1, 0.15) is 39.0 Å². The number of hydrogen-bond acceptors (Lipinski definition) is 1. The standard InChI is InChI=1S/C10H21N/c1-4-5-9-6-7-10(8-9)11(2)3/h9-10H,4-8H2,1-3H3. The molecule has 1 aliphatic rings. The minimum Gasteiger partial charge on any atom is -0.306 e. The largest absolute Gasteiger partial charge is 0.306 e. The summed E-state index contributed by atoms with van der Waals surface area (Å²) in [7, 11) is 4.41. The predicted molar refractivity (Wildman–Crippen MR) is 49.7 cm³/mol. The maximum Gasteiger partial charge on any atom is 0.00919 e. The molecule has 0 spiro atoms. The van der Waals surface area contributed by atoms with Gasteiger partial charge in [0, 0.05) is 6.04 Å². The molecule has 0 amide bonds. The first kappa shape index (κ1) is 9.05. The Labute approximate surface area is 70.8 Å². The number of nitrogens with zero attached hydrogens (tertiary/aromatic N) is 1. The molecular weight excluding hydrogens is 134 g/mol. The molecule has 0 radical (unpaired) electrons. The van der Waals surface area contributed by atoms with Gasteiger partial charge in [0.05, 0.1) is 0 Å². The predicted octanol–water partition coefficient (Wildman–Crippen LogP) is 2.52. The molecule has 1 aliphatic carbocycles. The quantitative estimate of drug-likeness (QED) is 0.605. The summed E-state index contributed by atoms with van der Waals surface area (Å²) in [5.74, 6) is 1.03. The Morgan fingerprint density at radius 2 is 2.00 bits per heavy atom. The normalized spacial score (nSPS) is 31.6. The lowest BCUT2D eigenvalue weighted by atomic mass is 10.0. The topological polar surface area (TPSA) is 3.24 Å². The van der Waals surface area contributed by atoms with E-state index in [4.69, 9.17) is 0 Å². The van der Waals surface area contributed by atoms with Crippen molar-refractivity contribution in [2.24, 2.45) is 5.92 Å². The first-order valence-corrected chi connectivity index (χ1v) is 4.90. The third kappa shape index (κ3) is 2.48. The van der Waals surface area contributed by atoms with E-state index in [2.05, 4.69) is 25.9 Å². The van der Waals surface area contributed by atoms with Gasteiger partial charge in [-0.1, -0.05) is 19.8 Å². The van der Waals surface area contributed by atoms with Crippen LogP contribution < -0.4 is 0 Å². The molecule has 0 bridgehead atoms. The van der Waals surface area contributed by atoms with Gasteiger partial charge >= 0.3 is 0 Å². The van der Waals surface area contributed by atoms with Gasteiger partial charge in [-0.2, -0.15) is 0 Å². The highest BCUT2D eigenvalue weighted by molar-refractivity contribution is 4.79. The lowest BCUT2D eigenvalue weighted by molar-refractivity contribution is 0.289. The van der Waals surface area contributed by atoms with E-state index in [1.165, 1.54) is 32.1 Å². The van der Waals surface area contributed by atoms with Crippen LogP contribution in [0.3, 0.4) is 0 Å². The summed E-state index contributed by atoms with van der Waals surface area (Å²) in [5, 5.41) is 0. The average Bonchev–Trinajstić information content (AvgIpc) is 2.37. The van der Waals surface area contributed by atoms with Crippen LogP contribution in [0.2, 0.25) is 0 Å². The second-order valence-electron chi connectivity index (χ2n) is 4.09. The fraction of sp³-hybridized carbons (Fsp3) is 1.00. The van der Waals surface area contributed by atoms with Crippen molar-refractivity contribution in [3.05, 3.63) is 0 Å². The van der Waals surface area contributed by atoms with Gasteiger partial charge < -0.3 is 4.90 Å². The molecule has 0 N–H and O–H groups in total. The first-order valence-electron chi connectivity index (χ1n) is 4.90. The van der Waals surface area contributed by atoms with Gasteiger partial charge in [-0.15, -0.1) is 0 Å². The minimum atomic E-state index is 0.881. The van der Waals surface area contributed by atoms with Crippen LogP contribution in [0.4, 0.5) is 0 Å². The van der Waals surface area contributed by atoms with E-state index >= 15 is 0 Å². The molecule has 66 valence electrons. The zero-order valence-electron chi connectivity index (χ0n) is 8.14. The maximum atomic E-state index is 2.38. The zero-order valence-corrected chi connectivity index (χ0v) is 8.14. The molecule has 0 saturated heterocycles. The first-order chi connectivity index (χ1) is 5.24. The molecule has 2 atom stereocenters. The zero-order chi connectivity index (χ0) is 8.27. The lowest BCUT2D eigenvalue weighted by Gasteiger charge is -2.18. The Hall–Kier alpha value is -0.0400. The van der Waals surface area contributed by atoms with Crippen LogP contribution >= 0.6 is 0 Å². The molecule has 11 heavy (non-hydrogen) atoms. The monoisotopic (exact) mass is 155 g/mol. The Morgan fingerprint density at radius 3 is 2.45 bits per heavy atom. The molecule has 1 saturated carbocycles. The summed E-state index contributed by atoms with van der Waals surface area (Å²) >= 11 is 0. The van der Waals surface area contributed by atoms with Gasteiger partial charge in [-0.05, 0) is 39.3 Å². The summed E-state index contributed by atoms with van der Waals surface area (Å²) in [6.07, 6.45) is 7.16. The van der Waals surface area contributed by atoms with Gasteiger partial charge in [-0.3, -0.25) is 0 Å². The van der Waals surface area contributed by atoms with Crippen LogP contribution in [0.15, 0.2) is 0 Å². The van der Waals surface area contributed by atoms with Gasteiger partial charge in [0.2, 0.25) is 0 Å². The second kappa shape index (κ2) is 4.10. The molecular formula is C10H21N. The van der Waals surface area contributed by atoms with Crippen molar-refractivity contribution in [2.45, 2.75) is 45.1 Å². The van der Waals surface area contributed by atoms with Gasteiger partial charge in [0.1, 0.15) is 0 Å².